The molecule has 1 saturated heterocycles. The van der Waals surface area contributed by atoms with Crippen LogP contribution in [0.3, 0.4) is 0 Å². The topological polar surface area (TPSA) is 52.7 Å². The van der Waals surface area contributed by atoms with Gasteiger partial charge in [0, 0.05) is 42.7 Å². The van der Waals surface area contributed by atoms with Crippen molar-refractivity contribution in [2.75, 3.05) is 11.4 Å². The van der Waals surface area contributed by atoms with Gasteiger partial charge in [0.05, 0.1) is 0 Å². The molecule has 2 aliphatic heterocycles. The van der Waals surface area contributed by atoms with Crippen molar-refractivity contribution in [3.05, 3.63) is 29.8 Å². The summed E-state index contributed by atoms with van der Waals surface area (Å²) < 4.78 is 0. The van der Waals surface area contributed by atoms with Gasteiger partial charge >= 0.3 is 0 Å². The minimum absolute atomic E-state index is 0.0317. The standard InChI is InChI=1S/C24H37N3O2/c1-7-8-13-26(19-15-23(3,4)25-24(5,6)16-19)22(29)21-14-18-11-9-10-12-20(18)27(21)17(2)28/h9-12,19,21,25H,7-8,13-16H2,1-6H3/t21-/m0/s1. The summed E-state index contributed by atoms with van der Waals surface area (Å²) in [4.78, 5) is 30.2. The number of amides is 2. The van der Waals surface area contributed by atoms with E-state index in [1.54, 1.807) is 11.8 Å². The molecule has 5 nitrogen and oxygen atoms in total. The van der Waals surface area contributed by atoms with Crippen molar-refractivity contribution < 1.29 is 9.59 Å². The Balaban J connectivity index is 1.91. The summed E-state index contributed by atoms with van der Waals surface area (Å²) in [6.45, 7) is 13.4. The minimum atomic E-state index is -0.428. The normalized spacial score (nSPS) is 23.0. The highest BCUT2D eigenvalue weighted by Crippen LogP contribution is 2.36. The minimum Gasteiger partial charge on any atom is -0.338 e. The molecule has 1 atom stereocenters. The molecule has 3 rings (SSSR count). The van der Waals surface area contributed by atoms with Crippen molar-refractivity contribution in [2.45, 2.75) is 96.8 Å². The molecule has 0 saturated carbocycles. The summed E-state index contributed by atoms with van der Waals surface area (Å²) in [7, 11) is 0. The Morgan fingerprint density at radius 2 is 1.76 bits per heavy atom. The van der Waals surface area contributed by atoms with Crippen molar-refractivity contribution >= 4 is 17.5 Å². The Labute approximate surface area is 175 Å². The van der Waals surface area contributed by atoms with Gasteiger partial charge in [-0.2, -0.15) is 0 Å². The lowest BCUT2D eigenvalue weighted by Crippen LogP contribution is -2.64. The Morgan fingerprint density at radius 3 is 2.34 bits per heavy atom. The Bertz CT molecular complexity index is 755. The highest BCUT2D eigenvalue weighted by molar-refractivity contribution is 6.02. The SMILES string of the molecule is CCCCN(C(=O)[C@@H]1Cc2ccccc2N1C(C)=O)C1CC(C)(C)NC(C)(C)C1. The van der Waals surface area contributed by atoms with E-state index < -0.39 is 6.04 Å². The molecule has 0 radical (unpaired) electrons. The van der Waals surface area contributed by atoms with Gasteiger partial charge in [-0.3, -0.25) is 14.5 Å². The number of anilines is 1. The zero-order chi connectivity index (χ0) is 21.4. The Kier molecular flexibility index (Phi) is 6.09. The van der Waals surface area contributed by atoms with Crippen LogP contribution in [0.25, 0.3) is 0 Å². The van der Waals surface area contributed by atoms with Gasteiger partial charge in [0.25, 0.3) is 0 Å². The molecule has 5 heteroatoms. The van der Waals surface area contributed by atoms with E-state index in [1.165, 1.54) is 0 Å². The number of nitrogens with zero attached hydrogens (tertiary/aromatic N) is 2. The van der Waals surface area contributed by atoms with Gasteiger partial charge in [0.15, 0.2) is 0 Å². The quantitative estimate of drug-likeness (QED) is 0.817. The predicted molar refractivity (Wildman–Crippen MR) is 118 cm³/mol. The molecule has 160 valence electrons. The monoisotopic (exact) mass is 399 g/mol. The van der Waals surface area contributed by atoms with Gasteiger partial charge in [-0.1, -0.05) is 31.5 Å². The summed E-state index contributed by atoms with van der Waals surface area (Å²) in [5, 5.41) is 3.72. The van der Waals surface area contributed by atoms with Gasteiger partial charge in [-0.25, -0.2) is 0 Å². The zero-order valence-electron chi connectivity index (χ0n) is 18.9. The summed E-state index contributed by atoms with van der Waals surface area (Å²) in [5.74, 6) is 0.0399. The van der Waals surface area contributed by atoms with Gasteiger partial charge in [-0.15, -0.1) is 0 Å². The van der Waals surface area contributed by atoms with E-state index in [0.717, 1.165) is 43.5 Å². The Morgan fingerprint density at radius 1 is 1.14 bits per heavy atom. The van der Waals surface area contributed by atoms with Crippen LogP contribution in [-0.4, -0.2) is 46.4 Å². The number of hydrogen-bond acceptors (Lipinski definition) is 3. The largest absolute Gasteiger partial charge is 0.338 e. The van der Waals surface area contributed by atoms with Crippen LogP contribution in [0, 0.1) is 0 Å². The summed E-state index contributed by atoms with van der Waals surface area (Å²) in [6.07, 6.45) is 4.48. The van der Waals surface area contributed by atoms with Crippen LogP contribution in [0.2, 0.25) is 0 Å². The maximum Gasteiger partial charge on any atom is 0.246 e. The number of benzene rings is 1. The van der Waals surface area contributed by atoms with E-state index in [-0.39, 0.29) is 28.9 Å². The van der Waals surface area contributed by atoms with Crippen LogP contribution in [0.4, 0.5) is 5.69 Å². The molecule has 2 amide bonds. The molecular weight excluding hydrogens is 362 g/mol. The van der Waals surface area contributed by atoms with Crippen molar-refractivity contribution in [1.29, 1.82) is 0 Å². The molecule has 0 aromatic heterocycles. The van der Waals surface area contributed by atoms with Gasteiger partial charge in [0.2, 0.25) is 11.8 Å². The third-order valence-corrected chi connectivity index (χ3v) is 6.25. The molecule has 2 heterocycles. The number of carbonyl (C=O) groups excluding carboxylic acids is 2. The number of carbonyl (C=O) groups is 2. The van der Waals surface area contributed by atoms with Crippen molar-refractivity contribution in [1.82, 2.24) is 10.2 Å². The lowest BCUT2D eigenvalue weighted by Gasteiger charge is -2.50. The molecule has 2 aliphatic rings. The predicted octanol–water partition coefficient (Wildman–Crippen LogP) is 3.90. The number of piperidine rings is 1. The van der Waals surface area contributed by atoms with Gasteiger partial charge in [-0.05, 0) is 58.6 Å². The van der Waals surface area contributed by atoms with Crippen LogP contribution < -0.4 is 10.2 Å². The first kappa shape index (κ1) is 21.8. The molecule has 0 aliphatic carbocycles. The van der Waals surface area contributed by atoms with Gasteiger partial charge in [0.1, 0.15) is 6.04 Å². The van der Waals surface area contributed by atoms with E-state index in [1.807, 2.05) is 24.3 Å². The number of unbranched alkanes of at least 4 members (excludes halogenated alkanes) is 1. The molecule has 0 bridgehead atoms. The number of rotatable bonds is 5. The van der Waals surface area contributed by atoms with Crippen LogP contribution in [0.5, 0.6) is 0 Å². The van der Waals surface area contributed by atoms with Gasteiger partial charge < -0.3 is 10.2 Å². The fourth-order valence-electron chi connectivity index (χ4n) is 5.45. The van der Waals surface area contributed by atoms with E-state index >= 15 is 0 Å². The second-order valence-electron chi connectivity index (χ2n) is 10.1. The van der Waals surface area contributed by atoms with Crippen molar-refractivity contribution in [2.24, 2.45) is 0 Å². The molecule has 1 aromatic rings. The van der Waals surface area contributed by atoms with Crippen LogP contribution in [0.1, 0.15) is 72.8 Å². The maximum absolute atomic E-state index is 13.9. The molecule has 29 heavy (non-hydrogen) atoms. The third kappa shape index (κ3) is 4.66. The first-order chi connectivity index (χ1) is 13.5. The fraction of sp³-hybridized carbons (Fsp3) is 0.667. The molecule has 1 fully saturated rings. The average molecular weight is 400 g/mol. The average Bonchev–Trinajstić information content (AvgIpc) is 2.99. The van der Waals surface area contributed by atoms with E-state index in [4.69, 9.17) is 0 Å². The van der Waals surface area contributed by atoms with E-state index in [9.17, 15) is 9.59 Å². The number of hydrogen-bond donors (Lipinski definition) is 1. The highest BCUT2D eigenvalue weighted by Gasteiger charge is 2.45. The Hall–Kier alpha value is -1.88. The highest BCUT2D eigenvalue weighted by atomic mass is 16.2. The van der Waals surface area contributed by atoms with Crippen LogP contribution >= 0.6 is 0 Å². The first-order valence-corrected chi connectivity index (χ1v) is 11.0. The zero-order valence-corrected chi connectivity index (χ0v) is 18.9. The summed E-state index contributed by atoms with van der Waals surface area (Å²) in [5.41, 5.74) is 1.91. The number of nitrogens with one attached hydrogen (secondary N) is 1. The second-order valence-corrected chi connectivity index (χ2v) is 10.1. The van der Waals surface area contributed by atoms with E-state index in [2.05, 4.69) is 44.8 Å². The second kappa shape index (κ2) is 8.10. The summed E-state index contributed by atoms with van der Waals surface area (Å²) >= 11 is 0. The maximum atomic E-state index is 13.9. The molecule has 1 N–H and O–H groups in total. The number of para-hydroxylation sites is 1. The molecule has 1 aromatic carbocycles. The fourth-order valence-corrected chi connectivity index (χ4v) is 5.45. The van der Waals surface area contributed by atoms with E-state index in [0.29, 0.717) is 6.42 Å². The molecular formula is C24H37N3O2. The lowest BCUT2D eigenvalue weighted by atomic mass is 9.78. The van der Waals surface area contributed by atoms with Crippen molar-refractivity contribution in [3.8, 4) is 0 Å². The third-order valence-electron chi connectivity index (χ3n) is 6.25. The van der Waals surface area contributed by atoms with Crippen LogP contribution in [-0.2, 0) is 16.0 Å². The summed E-state index contributed by atoms with van der Waals surface area (Å²) in [6, 6.07) is 7.66. The smallest absolute Gasteiger partial charge is 0.246 e. The van der Waals surface area contributed by atoms with Crippen molar-refractivity contribution in [3.63, 3.8) is 0 Å². The first-order valence-electron chi connectivity index (χ1n) is 11.0. The molecule has 0 unspecified atom stereocenters. The molecule has 0 spiro atoms. The number of fused-ring (bicyclic) bond motifs is 1. The lowest BCUT2D eigenvalue weighted by molar-refractivity contribution is -0.138. The van der Waals surface area contributed by atoms with Crippen LogP contribution in [0.15, 0.2) is 24.3 Å².